The van der Waals surface area contributed by atoms with Crippen molar-refractivity contribution in [3.63, 3.8) is 0 Å². The minimum Gasteiger partial charge on any atom is -0.481 e. The Kier molecular flexibility index (Phi) is 6.72. The number of aliphatic carboxylic acids is 1. The number of hydrogen-bond acceptors (Lipinski definition) is 6. The number of rotatable bonds is 6. The van der Waals surface area contributed by atoms with Crippen LogP contribution in [0.5, 0.6) is 0 Å². The fourth-order valence-electron chi connectivity index (χ4n) is 9.20. The lowest BCUT2D eigenvalue weighted by atomic mass is 9.42. The van der Waals surface area contributed by atoms with Gasteiger partial charge in [0.15, 0.2) is 5.78 Å². The summed E-state index contributed by atoms with van der Waals surface area (Å²) in [6.45, 7) is 13.4. The highest BCUT2D eigenvalue weighted by molar-refractivity contribution is 6.01. The van der Waals surface area contributed by atoms with Crippen LogP contribution in [0.25, 0.3) is 0 Å². The van der Waals surface area contributed by atoms with Gasteiger partial charge in [-0.3, -0.25) is 19.2 Å². The van der Waals surface area contributed by atoms with Gasteiger partial charge in [-0.25, -0.2) is 0 Å². The van der Waals surface area contributed by atoms with E-state index in [0.29, 0.717) is 36.8 Å². The second-order valence-corrected chi connectivity index (χ2v) is 13.9. The maximum Gasteiger partial charge on any atom is 0.306 e. The number of fused-ring (bicyclic) bond motifs is 4. The van der Waals surface area contributed by atoms with Gasteiger partial charge in [-0.05, 0) is 48.0 Å². The van der Waals surface area contributed by atoms with Gasteiger partial charge in [0, 0.05) is 47.5 Å². The van der Waals surface area contributed by atoms with Crippen molar-refractivity contribution in [2.75, 3.05) is 0 Å². The second-order valence-electron chi connectivity index (χ2n) is 13.9. The number of carbonyl (C=O) groups excluding carboxylic acids is 3. The van der Waals surface area contributed by atoms with Crippen LogP contribution in [0, 0.1) is 45.3 Å². The third-order valence-electron chi connectivity index (χ3n) is 11.6. The molecular formula is C30H44O7. The van der Waals surface area contributed by atoms with Gasteiger partial charge in [0.2, 0.25) is 0 Å². The van der Waals surface area contributed by atoms with Crippen molar-refractivity contribution in [1.29, 1.82) is 0 Å². The van der Waals surface area contributed by atoms with Gasteiger partial charge in [0.05, 0.1) is 18.1 Å². The van der Waals surface area contributed by atoms with Crippen molar-refractivity contribution >= 4 is 23.3 Å². The van der Waals surface area contributed by atoms with Gasteiger partial charge < -0.3 is 15.3 Å². The highest BCUT2D eigenvalue weighted by atomic mass is 16.4. The Hall–Kier alpha value is -1.86. The van der Waals surface area contributed by atoms with E-state index in [1.165, 1.54) is 6.92 Å². The summed E-state index contributed by atoms with van der Waals surface area (Å²) in [4.78, 5) is 50.8. The van der Waals surface area contributed by atoms with Crippen LogP contribution in [0.3, 0.4) is 0 Å². The zero-order valence-electron chi connectivity index (χ0n) is 23.4. The van der Waals surface area contributed by atoms with E-state index in [1.54, 1.807) is 0 Å². The first-order chi connectivity index (χ1) is 16.9. The Bertz CT molecular complexity index is 1070. The number of ketones is 3. The second kappa shape index (κ2) is 8.84. The van der Waals surface area contributed by atoms with E-state index in [4.69, 9.17) is 0 Å². The van der Waals surface area contributed by atoms with Crippen LogP contribution < -0.4 is 0 Å². The maximum atomic E-state index is 14.1. The molecule has 0 aliphatic heterocycles. The molecule has 37 heavy (non-hydrogen) atoms. The average molecular weight is 517 g/mol. The number of carboxylic acids is 1. The highest BCUT2D eigenvalue weighted by Gasteiger charge is 2.70. The van der Waals surface area contributed by atoms with Gasteiger partial charge in [-0.2, -0.15) is 0 Å². The molecule has 0 aromatic carbocycles. The molecule has 2 fully saturated rings. The Morgan fingerprint density at radius 2 is 1.62 bits per heavy atom. The van der Waals surface area contributed by atoms with Crippen LogP contribution in [0.4, 0.5) is 0 Å². The predicted molar refractivity (Wildman–Crippen MR) is 137 cm³/mol. The van der Waals surface area contributed by atoms with Crippen LogP contribution in [-0.2, 0) is 19.2 Å². The average Bonchev–Trinajstić information content (AvgIpc) is 2.99. The smallest absolute Gasteiger partial charge is 0.306 e. The van der Waals surface area contributed by atoms with Gasteiger partial charge in [-0.1, -0.05) is 48.5 Å². The molecule has 3 N–H and O–H groups in total. The molecule has 7 nitrogen and oxygen atoms in total. The summed E-state index contributed by atoms with van der Waals surface area (Å²) in [6, 6.07) is 0. The summed E-state index contributed by atoms with van der Waals surface area (Å²) in [6.07, 6.45) is 0.421. The number of carbonyl (C=O) groups is 4. The molecule has 206 valence electrons. The summed E-state index contributed by atoms with van der Waals surface area (Å²) in [5.41, 5.74) is -1.40. The number of allylic oxidation sites excluding steroid dienone is 1. The van der Waals surface area contributed by atoms with E-state index in [1.807, 2.05) is 34.6 Å². The first kappa shape index (κ1) is 28.2. The lowest BCUT2D eigenvalue weighted by Gasteiger charge is -2.61. The van der Waals surface area contributed by atoms with Crippen molar-refractivity contribution in [2.24, 2.45) is 45.3 Å². The molecule has 0 heterocycles. The summed E-state index contributed by atoms with van der Waals surface area (Å²) in [7, 11) is 0. The molecule has 0 radical (unpaired) electrons. The SMILES string of the molecule is C[C@H](CC(=O)C[C@H](C)C(=O)O)[C@H]1C[C@H](O)[C@@]2(C)C3=C(C(=O)C[C@]12C)[C@@]1(C)CCC(=O)C(C)(C)[C@@H]1C[C@H]3O. The monoisotopic (exact) mass is 516 g/mol. The molecule has 4 aliphatic rings. The van der Waals surface area contributed by atoms with Crippen molar-refractivity contribution in [1.82, 2.24) is 0 Å². The zero-order valence-corrected chi connectivity index (χ0v) is 23.4. The van der Waals surface area contributed by atoms with Crippen molar-refractivity contribution in [3.8, 4) is 0 Å². The Morgan fingerprint density at radius 3 is 2.22 bits per heavy atom. The minimum atomic E-state index is -1.00. The van der Waals surface area contributed by atoms with Crippen molar-refractivity contribution < 1.29 is 34.5 Å². The molecule has 0 amide bonds. The first-order valence-corrected chi connectivity index (χ1v) is 13.8. The van der Waals surface area contributed by atoms with E-state index in [9.17, 15) is 34.5 Å². The summed E-state index contributed by atoms with van der Waals surface area (Å²) in [5, 5.41) is 32.4. The zero-order chi connectivity index (χ0) is 27.9. The molecule has 0 unspecified atom stereocenters. The quantitative estimate of drug-likeness (QED) is 0.484. The van der Waals surface area contributed by atoms with Crippen molar-refractivity contribution in [3.05, 3.63) is 11.1 Å². The van der Waals surface area contributed by atoms with Crippen LogP contribution >= 0.6 is 0 Å². The van der Waals surface area contributed by atoms with Crippen molar-refractivity contribution in [2.45, 2.75) is 106 Å². The molecule has 4 aliphatic carbocycles. The molecule has 0 saturated heterocycles. The Balaban J connectivity index is 1.74. The van der Waals surface area contributed by atoms with E-state index in [2.05, 4.69) is 6.92 Å². The fraction of sp³-hybridized carbons (Fsp3) is 0.800. The highest BCUT2D eigenvalue weighted by Crippen LogP contribution is 2.71. The normalized spacial score (nSPS) is 42.5. The van der Waals surface area contributed by atoms with E-state index in [0.717, 1.165) is 0 Å². The molecule has 0 aromatic heterocycles. The Morgan fingerprint density at radius 1 is 1.00 bits per heavy atom. The predicted octanol–water partition coefficient (Wildman–Crippen LogP) is 4.13. The fourth-order valence-corrected chi connectivity index (χ4v) is 9.20. The number of aliphatic hydroxyl groups excluding tert-OH is 2. The van der Waals surface area contributed by atoms with Gasteiger partial charge in [0.1, 0.15) is 11.6 Å². The Labute approximate surface area is 220 Å². The van der Waals surface area contributed by atoms with Gasteiger partial charge in [0.25, 0.3) is 0 Å². The molecule has 2 saturated carbocycles. The van der Waals surface area contributed by atoms with Crippen LogP contribution in [0.2, 0.25) is 0 Å². The standard InChI is InChI=1S/C30H44O7/c1-15(10-17(31)11-16(2)26(36)37)18-12-23(35)30(7)25-19(32)13-21-27(3,4)22(34)8-9-28(21,5)24(25)20(33)14-29(18,30)6/h15-16,18-19,21,23,32,35H,8-14H2,1-7H3,(H,36,37)/t15-,16+,18-,19-,21+,23+,28+,29-,30+/m1/s1. The van der Waals surface area contributed by atoms with Gasteiger partial charge in [-0.15, -0.1) is 0 Å². The van der Waals surface area contributed by atoms with Crippen LogP contribution in [-0.4, -0.2) is 50.8 Å². The number of carboxylic acid groups (broad SMARTS) is 1. The van der Waals surface area contributed by atoms with Crippen LogP contribution in [0.1, 0.15) is 93.4 Å². The number of Topliss-reactive ketones (excluding diaryl/α,β-unsaturated/α-hetero) is 3. The molecule has 0 aromatic rings. The molecule has 7 heteroatoms. The first-order valence-electron chi connectivity index (χ1n) is 13.8. The summed E-state index contributed by atoms with van der Waals surface area (Å²) < 4.78 is 0. The third kappa shape index (κ3) is 3.82. The van der Waals surface area contributed by atoms with Crippen LogP contribution in [0.15, 0.2) is 11.1 Å². The number of aliphatic hydroxyl groups is 2. The topological polar surface area (TPSA) is 129 Å². The molecular weight excluding hydrogens is 472 g/mol. The lowest BCUT2D eigenvalue weighted by molar-refractivity contribution is -0.146. The molecule has 9 atom stereocenters. The molecule has 4 rings (SSSR count). The molecule has 0 spiro atoms. The summed E-state index contributed by atoms with van der Waals surface area (Å²) >= 11 is 0. The van der Waals surface area contributed by atoms with E-state index < -0.39 is 45.8 Å². The largest absolute Gasteiger partial charge is 0.481 e. The lowest BCUT2D eigenvalue weighted by Crippen LogP contribution is -2.60. The minimum absolute atomic E-state index is 0.0106. The third-order valence-corrected chi connectivity index (χ3v) is 11.6. The number of hydrogen-bond donors (Lipinski definition) is 3. The molecule has 0 bridgehead atoms. The van der Waals surface area contributed by atoms with E-state index >= 15 is 0 Å². The van der Waals surface area contributed by atoms with E-state index in [-0.39, 0.29) is 54.4 Å². The summed E-state index contributed by atoms with van der Waals surface area (Å²) in [5.74, 6) is -2.17. The van der Waals surface area contributed by atoms with Gasteiger partial charge >= 0.3 is 5.97 Å². The maximum absolute atomic E-state index is 14.1.